The number of carbonyl (C=O) groups is 2. The summed E-state index contributed by atoms with van der Waals surface area (Å²) in [6, 6.07) is 10.0. The normalized spacial score (nSPS) is 11.4. The van der Waals surface area contributed by atoms with Gasteiger partial charge in [-0.2, -0.15) is 0 Å². The lowest BCUT2D eigenvalue weighted by Crippen LogP contribution is -2.16. The number of hydrogen-bond donors (Lipinski definition) is 3. The molecule has 0 aliphatic carbocycles. The van der Waals surface area contributed by atoms with Crippen LogP contribution in [0.15, 0.2) is 36.4 Å². The molecule has 7 heteroatoms. The maximum atomic E-state index is 13.2. The second kappa shape index (κ2) is 8.70. The number of ketones is 1. The van der Waals surface area contributed by atoms with E-state index in [1.165, 1.54) is 12.1 Å². The van der Waals surface area contributed by atoms with Gasteiger partial charge in [0.1, 0.15) is 18.4 Å². The fourth-order valence-electron chi connectivity index (χ4n) is 3.09. The Kier molecular flexibility index (Phi) is 6.82. The van der Waals surface area contributed by atoms with Gasteiger partial charge in [0.05, 0.1) is 0 Å². The number of benzene rings is 2. The average molecular weight is 393 g/mol. The van der Waals surface area contributed by atoms with E-state index in [9.17, 15) is 23.8 Å². The van der Waals surface area contributed by atoms with Crippen molar-refractivity contribution in [3.05, 3.63) is 58.9 Å². The molecule has 0 saturated heterocycles. The molecule has 2 aromatic rings. The van der Waals surface area contributed by atoms with Gasteiger partial charge in [-0.05, 0) is 48.2 Å². The second-order valence-corrected chi connectivity index (χ2v) is 9.26. The van der Waals surface area contributed by atoms with E-state index in [0.29, 0.717) is 6.42 Å². The van der Waals surface area contributed by atoms with E-state index in [4.69, 9.17) is 5.11 Å². The Labute approximate surface area is 158 Å². The van der Waals surface area contributed by atoms with Crippen LogP contribution in [0.5, 0.6) is 0 Å². The van der Waals surface area contributed by atoms with E-state index in [1.807, 2.05) is 26.0 Å². The van der Waals surface area contributed by atoms with Gasteiger partial charge in [-0.1, -0.05) is 29.8 Å². The first kappa shape index (κ1) is 21.2. The van der Waals surface area contributed by atoms with Crippen LogP contribution in [0.4, 0.5) is 4.39 Å². The molecule has 0 aliphatic rings. The van der Waals surface area contributed by atoms with Crippen molar-refractivity contribution in [3.63, 3.8) is 0 Å². The summed E-state index contributed by atoms with van der Waals surface area (Å²) >= 11 is 0. The Bertz CT molecular complexity index is 846. The fourth-order valence-corrected chi connectivity index (χ4v) is 4.51. The van der Waals surface area contributed by atoms with Crippen LogP contribution in [0.25, 0.3) is 11.1 Å². The summed E-state index contributed by atoms with van der Waals surface area (Å²) in [5, 5.41) is 8.63. The van der Waals surface area contributed by atoms with Crippen LogP contribution in [-0.4, -0.2) is 39.0 Å². The number of carboxylic acids is 1. The maximum Gasteiger partial charge on any atom is 0.311 e. The van der Waals surface area contributed by atoms with E-state index in [-0.39, 0.29) is 12.0 Å². The summed E-state index contributed by atoms with van der Waals surface area (Å²) in [6.07, 6.45) is -0.945. The molecule has 5 nitrogen and oxygen atoms in total. The van der Waals surface area contributed by atoms with Gasteiger partial charge in [-0.25, -0.2) is 14.2 Å². The molecule has 0 radical (unpaired) electrons. The second-order valence-electron chi connectivity index (χ2n) is 6.73. The minimum Gasteiger partial charge on any atom is -0.481 e. The number of aryl methyl sites for hydroxylation is 2. The van der Waals surface area contributed by atoms with Crippen molar-refractivity contribution in [2.75, 3.05) is 12.3 Å². The predicted octanol–water partition coefficient (Wildman–Crippen LogP) is 3.53. The Morgan fingerprint density at radius 1 is 1.07 bits per heavy atom. The zero-order chi connectivity index (χ0) is 20.2. The largest absolute Gasteiger partial charge is 0.481 e. The number of carbonyl (C=O) groups excluding carboxylic acids is 1. The highest BCUT2D eigenvalue weighted by Crippen LogP contribution is 2.50. The molecule has 0 atom stereocenters. The molecule has 0 spiro atoms. The Hall–Kier alpha value is -2.14. The van der Waals surface area contributed by atoms with Crippen LogP contribution in [0.2, 0.25) is 0 Å². The Balaban J connectivity index is 2.24. The molecule has 0 aliphatic heterocycles. The van der Waals surface area contributed by atoms with Crippen LogP contribution in [0.1, 0.15) is 23.1 Å². The summed E-state index contributed by atoms with van der Waals surface area (Å²) in [4.78, 5) is 42.6. The number of aliphatic carboxylic acids is 1. The van der Waals surface area contributed by atoms with E-state index >= 15 is 0 Å². The molecule has 0 fully saturated rings. The van der Waals surface area contributed by atoms with Crippen molar-refractivity contribution in [2.45, 2.75) is 26.7 Å². The number of Topliss-reactive ketones (excluding diaryl/α,β-unsaturated/α-hetero) is 1. The van der Waals surface area contributed by atoms with Gasteiger partial charge in [0, 0.05) is 6.42 Å². The van der Waals surface area contributed by atoms with Crippen LogP contribution in [0.3, 0.4) is 0 Å². The first-order chi connectivity index (χ1) is 12.6. The first-order valence-corrected chi connectivity index (χ1v) is 10.6. The summed E-state index contributed by atoms with van der Waals surface area (Å²) < 4.78 is 13.2. The summed E-state index contributed by atoms with van der Waals surface area (Å²) in [7, 11) is -3.54. The monoisotopic (exact) mass is 393 g/mol. The third-order valence-corrected chi connectivity index (χ3v) is 6.07. The zero-order valence-electron chi connectivity index (χ0n) is 15.3. The van der Waals surface area contributed by atoms with Crippen LogP contribution in [-0.2, 0) is 16.0 Å². The third-order valence-electron chi connectivity index (χ3n) is 4.27. The van der Waals surface area contributed by atoms with Crippen LogP contribution >= 0.6 is 7.72 Å². The molecule has 0 heterocycles. The van der Waals surface area contributed by atoms with Gasteiger partial charge in [0.15, 0.2) is 11.9 Å². The van der Waals surface area contributed by atoms with E-state index < -0.39 is 32.1 Å². The highest BCUT2D eigenvalue weighted by atomic mass is 31.2. The van der Waals surface area contributed by atoms with Crippen molar-refractivity contribution in [2.24, 2.45) is 0 Å². The summed E-state index contributed by atoms with van der Waals surface area (Å²) in [5.41, 5.74) is 4.59. The standard InChI is InChI=1S/C20H22FO5P/c1-13-9-14(2)18(19(10-13)15-3-5-16(21)6-4-15)7-8-27(25,26)12-17(22)11-20(23)24/h3-6,9-10,25-26H,7-8,11-12H2,1-2H3/p+1. The Morgan fingerprint density at radius 3 is 2.30 bits per heavy atom. The van der Waals surface area contributed by atoms with Gasteiger partial charge in [-0.3, -0.25) is 9.59 Å². The molecule has 0 unspecified atom stereocenters. The lowest BCUT2D eigenvalue weighted by atomic mass is 9.92. The molecule has 2 aromatic carbocycles. The fraction of sp³-hybridized carbons (Fsp3) is 0.300. The van der Waals surface area contributed by atoms with Crippen molar-refractivity contribution >= 4 is 19.5 Å². The summed E-state index contributed by atoms with van der Waals surface area (Å²) in [5.74, 6) is -2.31. The van der Waals surface area contributed by atoms with Gasteiger partial charge in [-0.15, -0.1) is 0 Å². The van der Waals surface area contributed by atoms with Gasteiger partial charge >= 0.3 is 5.97 Å². The van der Waals surface area contributed by atoms with Gasteiger partial charge in [0.25, 0.3) is 7.72 Å². The highest BCUT2D eigenvalue weighted by Gasteiger charge is 2.36. The molecule has 0 saturated carbocycles. The number of halogens is 1. The molecule has 0 amide bonds. The third kappa shape index (κ3) is 6.21. The molecule has 0 bridgehead atoms. The number of rotatable bonds is 8. The van der Waals surface area contributed by atoms with E-state index in [0.717, 1.165) is 27.8 Å². The quantitative estimate of drug-likeness (QED) is 0.471. The van der Waals surface area contributed by atoms with Crippen molar-refractivity contribution < 1.29 is 28.9 Å². The van der Waals surface area contributed by atoms with E-state index in [1.54, 1.807) is 12.1 Å². The van der Waals surface area contributed by atoms with Crippen molar-refractivity contribution in [1.29, 1.82) is 0 Å². The first-order valence-electron chi connectivity index (χ1n) is 8.49. The van der Waals surface area contributed by atoms with Gasteiger partial charge < -0.3 is 5.11 Å². The van der Waals surface area contributed by atoms with Gasteiger partial charge in [0.2, 0.25) is 0 Å². The predicted molar refractivity (Wildman–Crippen MR) is 103 cm³/mol. The lowest BCUT2D eigenvalue weighted by Gasteiger charge is -2.17. The molecular weight excluding hydrogens is 370 g/mol. The molecule has 144 valence electrons. The molecule has 3 N–H and O–H groups in total. The SMILES string of the molecule is Cc1cc(C)c(CC[P+](O)(O)CC(=O)CC(=O)O)c(-c2ccc(F)cc2)c1. The minimum absolute atomic E-state index is 0.0174. The number of hydrogen-bond acceptors (Lipinski definition) is 4. The summed E-state index contributed by atoms with van der Waals surface area (Å²) in [6.45, 7) is 3.86. The van der Waals surface area contributed by atoms with Crippen LogP contribution < -0.4 is 0 Å². The average Bonchev–Trinajstić information content (AvgIpc) is 2.52. The number of carboxylic acid groups (broad SMARTS) is 1. The molecule has 0 aromatic heterocycles. The maximum absolute atomic E-state index is 13.2. The molecule has 2 rings (SSSR count). The van der Waals surface area contributed by atoms with E-state index in [2.05, 4.69) is 0 Å². The molecular formula is C20H23FO5P+. The smallest absolute Gasteiger partial charge is 0.311 e. The topological polar surface area (TPSA) is 94.8 Å². The van der Waals surface area contributed by atoms with Crippen molar-refractivity contribution in [1.82, 2.24) is 0 Å². The lowest BCUT2D eigenvalue weighted by molar-refractivity contribution is -0.139. The highest BCUT2D eigenvalue weighted by molar-refractivity contribution is 7.65. The molecule has 27 heavy (non-hydrogen) atoms. The minimum atomic E-state index is -3.54. The van der Waals surface area contributed by atoms with Crippen LogP contribution in [0, 0.1) is 19.7 Å². The zero-order valence-corrected chi connectivity index (χ0v) is 16.2. The Morgan fingerprint density at radius 2 is 1.70 bits per heavy atom. The van der Waals surface area contributed by atoms with Crippen molar-refractivity contribution in [3.8, 4) is 11.1 Å².